The molecular weight excluding hydrogens is 295 g/mol. The highest BCUT2D eigenvalue weighted by Crippen LogP contribution is 2.10. The Morgan fingerprint density at radius 1 is 1.43 bits per heavy atom. The minimum Gasteiger partial charge on any atom is -0.307 e. The maximum atomic E-state index is 11.5. The summed E-state index contributed by atoms with van der Waals surface area (Å²) in [6.45, 7) is 1.85. The molecular formula is C8H9IN4O. The second-order valence-corrected chi connectivity index (χ2v) is 4.02. The second kappa shape index (κ2) is 4.18. The zero-order valence-corrected chi connectivity index (χ0v) is 9.56. The average molecular weight is 304 g/mol. The smallest absolute Gasteiger partial charge is 0.242 e. The van der Waals surface area contributed by atoms with E-state index >= 15 is 0 Å². The fourth-order valence-corrected chi connectivity index (χ4v) is 1.57. The number of anilines is 1. The van der Waals surface area contributed by atoms with E-state index in [0.717, 1.165) is 10.2 Å². The fraction of sp³-hybridized carbons (Fsp3) is 0.375. The maximum Gasteiger partial charge on any atom is 0.242 e. The van der Waals surface area contributed by atoms with Gasteiger partial charge in [0.2, 0.25) is 5.91 Å². The molecule has 0 aliphatic carbocycles. The molecule has 2 heterocycles. The van der Waals surface area contributed by atoms with Gasteiger partial charge in [-0.25, -0.2) is 9.97 Å². The summed E-state index contributed by atoms with van der Waals surface area (Å²) in [5.74, 6) is 0.684. The van der Waals surface area contributed by atoms with Crippen molar-refractivity contribution in [1.29, 1.82) is 0 Å². The van der Waals surface area contributed by atoms with E-state index < -0.39 is 0 Å². The highest BCUT2D eigenvalue weighted by Gasteiger charge is 2.20. The number of nitrogens with one attached hydrogen (secondary N) is 1. The summed E-state index contributed by atoms with van der Waals surface area (Å²) in [7, 11) is 0. The minimum atomic E-state index is 0.0479. The number of rotatable bonds is 1. The molecule has 0 atom stereocenters. The number of carbonyl (C=O) groups excluding carboxylic acids is 1. The minimum absolute atomic E-state index is 0.0479. The molecule has 0 spiro atoms. The maximum absolute atomic E-state index is 11.5. The molecule has 1 N–H and O–H groups in total. The molecule has 1 amide bonds. The Balaban J connectivity index is 2.20. The third-order valence-corrected chi connectivity index (χ3v) is 2.53. The Kier molecular flexibility index (Phi) is 2.92. The molecule has 1 aromatic heterocycles. The Morgan fingerprint density at radius 2 is 2.29 bits per heavy atom. The zero-order chi connectivity index (χ0) is 9.97. The average Bonchev–Trinajstić information content (AvgIpc) is 2.20. The Bertz CT molecular complexity index is 340. The van der Waals surface area contributed by atoms with Gasteiger partial charge in [-0.3, -0.25) is 9.69 Å². The number of amides is 1. The van der Waals surface area contributed by atoms with Crippen LogP contribution in [0.2, 0.25) is 0 Å². The molecule has 74 valence electrons. The van der Waals surface area contributed by atoms with Gasteiger partial charge in [0.25, 0.3) is 0 Å². The number of halogens is 1. The second-order valence-electron chi connectivity index (χ2n) is 2.92. The first-order chi connectivity index (χ1) is 6.77. The Morgan fingerprint density at radius 3 is 2.93 bits per heavy atom. The summed E-state index contributed by atoms with van der Waals surface area (Å²) < 4.78 is 0.828. The first-order valence-electron chi connectivity index (χ1n) is 4.26. The van der Waals surface area contributed by atoms with Gasteiger partial charge in [-0.1, -0.05) is 0 Å². The summed E-state index contributed by atoms with van der Waals surface area (Å²) in [5.41, 5.74) is 0. The van der Waals surface area contributed by atoms with Crippen LogP contribution in [-0.2, 0) is 4.79 Å². The summed E-state index contributed by atoms with van der Waals surface area (Å²) in [6.07, 6.45) is 3.29. The lowest BCUT2D eigenvalue weighted by Crippen LogP contribution is -2.48. The first-order valence-corrected chi connectivity index (χ1v) is 5.34. The van der Waals surface area contributed by atoms with Crippen LogP contribution in [0.15, 0.2) is 12.4 Å². The van der Waals surface area contributed by atoms with E-state index in [1.807, 2.05) is 0 Å². The number of nitrogens with zero attached hydrogens (tertiary/aromatic N) is 3. The SMILES string of the molecule is O=C1CNCCN1c1cnc(I)cn1. The molecule has 1 fully saturated rings. The highest BCUT2D eigenvalue weighted by molar-refractivity contribution is 14.1. The van der Waals surface area contributed by atoms with Gasteiger partial charge >= 0.3 is 0 Å². The van der Waals surface area contributed by atoms with Crippen LogP contribution in [0.3, 0.4) is 0 Å². The molecule has 1 saturated heterocycles. The lowest BCUT2D eigenvalue weighted by Gasteiger charge is -2.25. The quantitative estimate of drug-likeness (QED) is 0.743. The molecule has 1 aliphatic rings. The van der Waals surface area contributed by atoms with Crippen molar-refractivity contribution in [2.45, 2.75) is 0 Å². The van der Waals surface area contributed by atoms with Gasteiger partial charge in [0.1, 0.15) is 3.70 Å². The van der Waals surface area contributed by atoms with Crippen LogP contribution in [-0.4, -0.2) is 35.5 Å². The molecule has 0 aromatic carbocycles. The summed E-state index contributed by atoms with van der Waals surface area (Å²) in [6, 6.07) is 0. The van der Waals surface area contributed by atoms with Crippen LogP contribution in [0.4, 0.5) is 5.82 Å². The van der Waals surface area contributed by atoms with Crippen LogP contribution >= 0.6 is 22.6 Å². The van der Waals surface area contributed by atoms with E-state index in [2.05, 4.69) is 37.9 Å². The van der Waals surface area contributed by atoms with Gasteiger partial charge in [-0.2, -0.15) is 0 Å². The van der Waals surface area contributed by atoms with Crippen molar-refractivity contribution in [3.63, 3.8) is 0 Å². The number of hydrogen-bond acceptors (Lipinski definition) is 4. The van der Waals surface area contributed by atoms with E-state index in [9.17, 15) is 4.79 Å². The lowest BCUT2D eigenvalue weighted by molar-refractivity contribution is -0.118. The van der Waals surface area contributed by atoms with Crippen molar-refractivity contribution in [3.05, 3.63) is 16.1 Å². The predicted octanol–water partition coefficient (Wildman–Crippen LogP) is 0.0174. The van der Waals surface area contributed by atoms with Gasteiger partial charge < -0.3 is 5.32 Å². The van der Waals surface area contributed by atoms with E-state index in [1.165, 1.54) is 0 Å². The van der Waals surface area contributed by atoms with Crippen molar-refractivity contribution in [2.24, 2.45) is 0 Å². The van der Waals surface area contributed by atoms with Crippen LogP contribution < -0.4 is 10.2 Å². The van der Waals surface area contributed by atoms with Gasteiger partial charge in [-0.05, 0) is 22.6 Å². The zero-order valence-electron chi connectivity index (χ0n) is 7.40. The highest BCUT2D eigenvalue weighted by atomic mass is 127. The van der Waals surface area contributed by atoms with Crippen LogP contribution in [0.25, 0.3) is 0 Å². The molecule has 14 heavy (non-hydrogen) atoms. The molecule has 0 unspecified atom stereocenters. The molecule has 0 bridgehead atoms. The summed E-state index contributed by atoms with van der Waals surface area (Å²) in [5, 5.41) is 3.00. The normalized spacial score (nSPS) is 17.2. The number of aromatic nitrogens is 2. The van der Waals surface area contributed by atoms with Crippen LogP contribution in [0, 0.1) is 3.70 Å². The summed E-state index contributed by atoms with van der Waals surface area (Å²) >= 11 is 2.08. The Labute approximate surface area is 95.1 Å². The monoisotopic (exact) mass is 304 g/mol. The van der Waals surface area contributed by atoms with Crippen molar-refractivity contribution in [1.82, 2.24) is 15.3 Å². The van der Waals surface area contributed by atoms with Gasteiger partial charge in [-0.15, -0.1) is 0 Å². The van der Waals surface area contributed by atoms with E-state index in [1.54, 1.807) is 17.3 Å². The molecule has 6 heteroatoms. The van der Waals surface area contributed by atoms with Gasteiger partial charge in [0, 0.05) is 13.1 Å². The van der Waals surface area contributed by atoms with Crippen molar-refractivity contribution >= 4 is 34.3 Å². The number of carbonyl (C=O) groups is 1. The number of piperazine rings is 1. The van der Waals surface area contributed by atoms with Crippen molar-refractivity contribution < 1.29 is 4.79 Å². The third-order valence-electron chi connectivity index (χ3n) is 1.97. The Hall–Kier alpha value is -0.760. The molecule has 1 aromatic rings. The van der Waals surface area contributed by atoms with Gasteiger partial charge in [0.05, 0.1) is 18.9 Å². The van der Waals surface area contributed by atoms with Crippen molar-refractivity contribution in [2.75, 3.05) is 24.5 Å². The van der Waals surface area contributed by atoms with E-state index in [0.29, 0.717) is 18.9 Å². The topological polar surface area (TPSA) is 58.1 Å². The van der Waals surface area contributed by atoms with Gasteiger partial charge in [0.15, 0.2) is 5.82 Å². The summed E-state index contributed by atoms with van der Waals surface area (Å²) in [4.78, 5) is 21.4. The van der Waals surface area contributed by atoms with E-state index in [-0.39, 0.29) is 5.91 Å². The van der Waals surface area contributed by atoms with Crippen molar-refractivity contribution in [3.8, 4) is 0 Å². The van der Waals surface area contributed by atoms with E-state index in [4.69, 9.17) is 0 Å². The predicted molar refractivity (Wildman–Crippen MR) is 60.0 cm³/mol. The van der Waals surface area contributed by atoms with Crippen LogP contribution in [0.1, 0.15) is 0 Å². The molecule has 0 saturated carbocycles. The third kappa shape index (κ3) is 2.01. The molecule has 5 nitrogen and oxygen atoms in total. The number of hydrogen-bond donors (Lipinski definition) is 1. The molecule has 2 rings (SSSR count). The molecule has 0 radical (unpaired) electrons. The molecule has 1 aliphatic heterocycles. The fourth-order valence-electron chi connectivity index (χ4n) is 1.29. The largest absolute Gasteiger partial charge is 0.307 e. The van der Waals surface area contributed by atoms with Crippen LogP contribution in [0.5, 0.6) is 0 Å². The lowest BCUT2D eigenvalue weighted by atomic mass is 10.3. The first kappa shape index (κ1) is 9.78. The standard InChI is InChI=1S/C8H9IN4O/c9-6-3-12-7(4-11-6)13-2-1-10-5-8(13)14/h3-4,10H,1-2,5H2.